The van der Waals surface area contributed by atoms with E-state index < -0.39 is 0 Å². The van der Waals surface area contributed by atoms with E-state index in [1.165, 1.54) is 25.5 Å². The Bertz CT molecular complexity index is 510. The molecular weight excluding hydrogens is 369 g/mol. The van der Waals surface area contributed by atoms with Gasteiger partial charge in [-0.2, -0.15) is 0 Å². The number of benzene rings is 1. The lowest BCUT2D eigenvalue weighted by molar-refractivity contribution is 0.553. The predicted molar refractivity (Wildman–Crippen MR) is 88.6 cm³/mol. The smallest absolute Gasteiger partial charge is 0.0801 e. The molecule has 0 aliphatic carbocycles. The van der Waals surface area contributed by atoms with Crippen LogP contribution >= 0.6 is 34.1 Å². The third-order valence-corrected chi connectivity index (χ3v) is 4.64. The molecule has 3 nitrogen and oxygen atoms in total. The van der Waals surface area contributed by atoms with Gasteiger partial charge in [-0.25, -0.2) is 0 Å². The Morgan fingerprint density at radius 3 is 2.63 bits per heavy atom. The van der Waals surface area contributed by atoms with Crippen LogP contribution in [0.15, 0.2) is 24.3 Å². The summed E-state index contributed by atoms with van der Waals surface area (Å²) in [4.78, 5) is 1.28. The summed E-state index contributed by atoms with van der Waals surface area (Å²) < 4.78 is 5.38. The molecule has 0 aliphatic heterocycles. The number of rotatable bonds is 6. The number of aryl methyl sites for hydroxylation is 1. The zero-order valence-corrected chi connectivity index (χ0v) is 14.2. The van der Waals surface area contributed by atoms with Crippen LogP contribution in [0.25, 0.3) is 0 Å². The summed E-state index contributed by atoms with van der Waals surface area (Å²) in [5, 5.41) is 7.77. The van der Waals surface area contributed by atoms with E-state index in [0.717, 1.165) is 25.1 Å². The summed E-state index contributed by atoms with van der Waals surface area (Å²) in [5.74, 6) is 0. The lowest BCUT2D eigenvalue weighted by atomic mass is 10.0. The highest BCUT2D eigenvalue weighted by Gasteiger charge is 2.18. The minimum Gasteiger partial charge on any atom is -0.309 e. The first-order valence-corrected chi connectivity index (χ1v) is 8.38. The zero-order valence-electron chi connectivity index (χ0n) is 11.2. The number of halogens is 1. The average molecular weight is 387 g/mol. The Morgan fingerprint density at radius 2 is 2.00 bits per heavy atom. The highest BCUT2D eigenvalue weighted by molar-refractivity contribution is 14.1. The second kappa shape index (κ2) is 7.31. The van der Waals surface area contributed by atoms with Gasteiger partial charge in [0.25, 0.3) is 0 Å². The molecule has 1 N–H and O–H groups in total. The third-order valence-electron chi connectivity index (χ3n) is 3.04. The summed E-state index contributed by atoms with van der Waals surface area (Å²) >= 11 is 3.85. The fraction of sp³-hybridized carbons (Fsp3) is 0.429. The first-order valence-electron chi connectivity index (χ1n) is 6.53. The molecule has 19 heavy (non-hydrogen) atoms. The molecule has 2 rings (SSSR count). The minimum absolute atomic E-state index is 0.319. The molecule has 1 aromatic carbocycles. The van der Waals surface area contributed by atoms with Crippen molar-refractivity contribution >= 4 is 34.1 Å². The van der Waals surface area contributed by atoms with Crippen LogP contribution in [0.2, 0.25) is 0 Å². The van der Waals surface area contributed by atoms with Crippen LogP contribution in [0.5, 0.6) is 0 Å². The molecule has 0 saturated carbocycles. The van der Waals surface area contributed by atoms with Gasteiger partial charge in [-0.3, -0.25) is 0 Å². The highest BCUT2D eigenvalue weighted by atomic mass is 127. The molecule has 0 aliphatic rings. The van der Waals surface area contributed by atoms with Gasteiger partial charge in [-0.1, -0.05) is 30.5 Å². The Hall–Kier alpha value is -0.530. The van der Waals surface area contributed by atoms with Crippen LogP contribution < -0.4 is 5.32 Å². The van der Waals surface area contributed by atoms with E-state index >= 15 is 0 Å². The average Bonchev–Trinajstić information content (AvgIpc) is 2.89. The van der Waals surface area contributed by atoms with Crippen molar-refractivity contribution in [3.05, 3.63) is 44.0 Å². The molecule has 1 heterocycles. The molecule has 1 atom stereocenters. The van der Waals surface area contributed by atoms with E-state index in [2.05, 4.69) is 75.6 Å². The number of hydrogen-bond acceptors (Lipinski definition) is 4. The lowest BCUT2D eigenvalue weighted by Crippen LogP contribution is -2.23. The molecule has 0 radical (unpaired) electrons. The van der Waals surface area contributed by atoms with Crippen molar-refractivity contribution in [3.63, 3.8) is 0 Å². The second-order valence-corrected chi connectivity index (χ2v) is 6.41. The molecule has 5 heteroatoms. The van der Waals surface area contributed by atoms with Crippen molar-refractivity contribution in [1.82, 2.24) is 14.9 Å². The van der Waals surface area contributed by atoms with E-state index in [1.54, 1.807) is 0 Å². The fourth-order valence-electron chi connectivity index (χ4n) is 2.09. The molecule has 0 saturated heterocycles. The van der Waals surface area contributed by atoms with Crippen molar-refractivity contribution in [2.24, 2.45) is 0 Å². The second-order valence-electron chi connectivity index (χ2n) is 4.38. The Morgan fingerprint density at radius 1 is 1.26 bits per heavy atom. The predicted octanol–water partition coefficient (Wildman–Crippen LogP) is 3.60. The van der Waals surface area contributed by atoms with Crippen LogP contribution in [0.1, 0.15) is 36.0 Å². The van der Waals surface area contributed by atoms with Crippen molar-refractivity contribution in [3.8, 4) is 0 Å². The summed E-state index contributed by atoms with van der Waals surface area (Å²) in [5.41, 5.74) is 2.48. The van der Waals surface area contributed by atoms with Gasteiger partial charge in [-0.15, -0.1) is 5.10 Å². The van der Waals surface area contributed by atoms with E-state index in [4.69, 9.17) is 0 Å². The standard InChI is InChI=1S/C14H18IN3S/c1-3-12-14(19-18-17-12)13(16-4-2)9-10-5-7-11(15)8-6-10/h5-8,13,16H,3-4,9H2,1-2H3. The monoisotopic (exact) mass is 387 g/mol. The molecule has 102 valence electrons. The summed E-state index contributed by atoms with van der Waals surface area (Å²) in [7, 11) is 0. The topological polar surface area (TPSA) is 37.8 Å². The van der Waals surface area contributed by atoms with E-state index in [9.17, 15) is 0 Å². The van der Waals surface area contributed by atoms with Gasteiger partial charge in [-0.05, 0) is 71.2 Å². The summed E-state index contributed by atoms with van der Waals surface area (Å²) in [6.07, 6.45) is 1.93. The van der Waals surface area contributed by atoms with Gasteiger partial charge in [0, 0.05) is 9.61 Å². The van der Waals surface area contributed by atoms with Crippen molar-refractivity contribution < 1.29 is 0 Å². The lowest BCUT2D eigenvalue weighted by Gasteiger charge is -2.17. The van der Waals surface area contributed by atoms with E-state index in [-0.39, 0.29) is 0 Å². The van der Waals surface area contributed by atoms with Crippen LogP contribution in [-0.4, -0.2) is 16.1 Å². The van der Waals surface area contributed by atoms with Crippen LogP contribution in [-0.2, 0) is 12.8 Å². The highest BCUT2D eigenvalue weighted by Crippen LogP contribution is 2.24. The molecule has 0 spiro atoms. The Kier molecular flexibility index (Phi) is 5.72. The van der Waals surface area contributed by atoms with Gasteiger partial charge in [0.15, 0.2) is 0 Å². The van der Waals surface area contributed by atoms with Crippen molar-refractivity contribution in [2.75, 3.05) is 6.54 Å². The molecule has 0 amide bonds. The van der Waals surface area contributed by atoms with Crippen LogP contribution in [0.4, 0.5) is 0 Å². The number of nitrogens with one attached hydrogen (secondary N) is 1. The SMILES string of the molecule is CCNC(Cc1ccc(I)cc1)c1snnc1CC. The fourth-order valence-corrected chi connectivity index (χ4v) is 3.26. The number of likely N-dealkylation sites (N-methyl/N-ethyl adjacent to an activating group) is 1. The molecule has 0 fully saturated rings. The number of aromatic nitrogens is 2. The quantitative estimate of drug-likeness (QED) is 0.770. The largest absolute Gasteiger partial charge is 0.309 e. The van der Waals surface area contributed by atoms with Crippen molar-refractivity contribution in [2.45, 2.75) is 32.7 Å². The van der Waals surface area contributed by atoms with Crippen LogP contribution in [0.3, 0.4) is 0 Å². The van der Waals surface area contributed by atoms with Crippen LogP contribution in [0, 0.1) is 3.57 Å². The Labute approximate surface area is 132 Å². The normalized spacial score (nSPS) is 12.6. The van der Waals surface area contributed by atoms with Gasteiger partial charge in [0.05, 0.1) is 10.6 Å². The number of nitrogens with zero attached hydrogens (tertiary/aromatic N) is 2. The number of hydrogen-bond donors (Lipinski definition) is 1. The Balaban J connectivity index is 2.18. The molecular formula is C14H18IN3S. The first kappa shape index (κ1) is 14.9. The molecule has 2 aromatic rings. The van der Waals surface area contributed by atoms with Gasteiger partial charge < -0.3 is 5.32 Å². The van der Waals surface area contributed by atoms with Gasteiger partial charge >= 0.3 is 0 Å². The molecule has 1 unspecified atom stereocenters. The van der Waals surface area contributed by atoms with E-state index in [0.29, 0.717) is 6.04 Å². The summed E-state index contributed by atoms with van der Waals surface area (Å²) in [6.45, 7) is 5.23. The third kappa shape index (κ3) is 3.97. The van der Waals surface area contributed by atoms with Gasteiger partial charge in [0.1, 0.15) is 0 Å². The zero-order chi connectivity index (χ0) is 13.7. The maximum atomic E-state index is 4.22. The van der Waals surface area contributed by atoms with Crippen molar-refractivity contribution in [1.29, 1.82) is 0 Å². The maximum absolute atomic E-state index is 4.22. The molecule has 0 bridgehead atoms. The maximum Gasteiger partial charge on any atom is 0.0801 e. The first-order chi connectivity index (χ1) is 9.24. The van der Waals surface area contributed by atoms with Gasteiger partial charge in [0.2, 0.25) is 0 Å². The summed E-state index contributed by atoms with van der Waals surface area (Å²) in [6, 6.07) is 9.04. The molecule has 1 aromatic heterocycles. The van der Waals surface area contributed by atoms with E-state index in [1.807, 2.05) is 0 Å². The minimum atomic E-state index is 0.319.